The summed E-state index contributed by atoms with van der Waals surface area (Å²) in [6.45, 7) is 7.35. The van der Waals surface area contributed by atoms with Crippen LogP contribution in [0.15, 0.2) is 0 Å². The van der Waals surface area contributed by atoms with Crippen LogP contribution in [-0.2, 0) is 4.79 Å². The lowest BCUT2D eigenvalue weighted by molar-refractivity contribution is -0.119. The van der Waals surface area contributed by atoms with E-state index in [0.717, 1.165) is 6.42 Å². The minimum atomic E-state index is 0.393. The topological polar surface area (TPSA) is 29.1 Å². The Kier molecular flexibility index (Phi) is 1.62. The van der Waals surface area contributed by atoms with Crippen molar-refractivity contribution in [3.63, 3.8) is 0 Å². The standard InChI is InChI=1S/C13H21NO/c1-9(2)14-8-12-5-11(4-10(3)15)6-13(11,12)7-12/h9,14H,4-8H2,1-3H3. The summed E-state index contributed by atoms with van der Waals surface area (Å²) in [6, 6.07) is 0.596. The third-order valence-corrected chi connectivity index (χ3v) is 5.17. The Balaban J connectivity index is 1.59. The van der Waals surface area contributed by atoms with Crippen molar-refractivity contribution in [2.75, 3.05) is 6.54 Å². The first-order chi connectivity index (χ1) is 6.95. The van der Waals surface area contributed by atoms with Crippen LogP contribution in [0.25, 0.3) is 0 Å². The maximum atomic E-state index is 11.2. The summed E-state index contributed by atoms with van der Waals surface area (Å²) in [7, 11) is 0. The predicted octanol–water partition coefficient (Wildman–Crippen LogP) is 2.13. The van der Waals surface area contributed by atoms with E-state index < -0.39 is 0 Å². The van der Waals surface area contributed by atoms with Crippen LogP contribution in [0.3, 0.4) is 0 Å². The summed E-state index contributed by atoms with van der Waals surface area (Å²) < 4.78 is 0. The van der Waals surface area contributed by atoms with Gasteiger partial charge in [0.15, 0.2) is 0 Å². The summed E-state index contributed by atoms with van der Waals surface area (Å²) in [5, 5.41) is 3.57. The highest BCUT2D eigenvalue weighted by molar-refractivity contribution is 5.78. The highest BCUT2D eigenvalue weighted by Gasteiger charge is 2.95. The smallest absolute Gasteiger partial charge is 0.130 e. The van der Waals surface area contributed by atoms with Gasteiger partial charge in [-0.25, -0.2) is 0 Å². The molecular formula is C13H21NO. The zero-order chi connectivity index (χ0) is 10.9. The third-order valence-electron chi connectivity index (χ3n) is 5.17. The quantitative estimate of drug-likeness (QED) is 0.748. The molecule has 0 bridgehead atoms. The van der Waals surface area contributed by atoms with Gasteiger partial charge in [-0.1, -0.05) is 13.8 Å². The molecule has 84 valence electrons. The Morgan fingerprint density at radius 3 is 2.47 bits per heavy atom. The van der Waals surface area contributed by atoms with Gasteiger partial charge < -0.3 is 10.1 Å². The molecule has 15 heavy (non-hydrogen) atoms. The molecule has 3 unspecified atom stereocenters. The van der Waals surface area contributed by atoms with Gasteiger partial charge in [0.25, 0.3) is 0 Å². The maximum Gasteiger partial charge on any atom is 0.130 e. The molecule has 2 nitrogen and oxygen atoms in total. The van der Waals surface area contributed by atoms with Crippen LogP contribution in [0, 0.1) is 16.2 Å². The number of nitrogens with one attached hydrogen (secondary N) is 1. The molecule has 3 fully saturated rings. The largest absolute Gasteiger partial charge is 0.314 e. The molecule has 0 heterocycles. The number of Topliss-reactive ketones (excluding diaryl/α,β-unsaturated/α-hetero) is 1. The lowest BCUT2D eigenvalue weighted by atomic mass is 9.72. The van der Waals surface area contributed by atoms with E-state index in [4.69, 9.17) is 0 Å². The van der Waals surface area contributed by atoms with Crippen molar-refractivity contribution < 1.29 is 4.79 Å². The van der Waals surface area contributed by atoms with Crippen molar-refractivity contribution in [3.8, 4) is 0 Å². The summed E-state index contributed by atoms with van der Waals surface area (Å²) in [4.78, 5) is 11.2. The van der Waals surface area contributed by atoms with Crippen molar-refractivity contribution in [3.05, 3.63) is 0 Å². The van der Waals surface area contributed by atoms with Crippen molar-refractivity contribution >= 4 is 5.78 Å². The fourth-order valence-electron chi connectivity index (χ4n) is 4.54. The average molecular weight is 207 g/mol. The van der Waals surface area contributed by atoms with E-state index in [1.54, 1.807) is 6.92 Å². The Bertz CT molecular complexity index is 337. The Morgan fingerprint density at radius 2 is 1.93 bits per heavy atom. The van der Waals surface area contributed by atoms with Crippen LogP contribution in [0.2, 0.25) is 0 Å². The zero-order valence-corrected chi connectivity index (χ0v) is 10.0. The van der Waals surface area contributed by atoms with Gasteiger partial charge in [-0.3, -0.25) is 0 Å². The minimum Gasteiger partial charge on any atom is -0.314 e. The molecule has 0 amide bonds. The van der Waals surface area contributed by atoms with Gasteiger partial charge in [0.05, 0.1) is 0 Å². The SMILES string of the molecule is CC(=O)CC12CC3(CNC(C)C)CC31C2. The molecule has 3 aliphatic rings. The molecule has 0 aromatic carbocycles. The van der Waals surface area contributed by atoms with E-state index in [-0.39, 0.29) is 0 Å². The van der Waals surface area contributed by atoms with E-state index in [2.05, 4.69) is 19.2 Å². The third kappa shape index (κ3) is 1.01. The van der Waals surface area contributed by atoms with Crippen molar-refractivity contribution in [2.45, 2.75) is 52.5 Å². The summed E-state index contributed by atoms with van der Waals surface area (Å²) in [5.41, 5.74) is 1.73. The number of carbonyl (C=O) groups excluding carboxylic acids is 1. The highest BCUT2D eigenvalue weighted by atomic mass is 16.1. The van der Waals surface area contributed by atoms with Gasteiger partial charge in [0.1, 0.15) is 5.78 Å². The molecule has 1 N–H and O–H groups in total. The monoisotopic (exact) mass is 207 g/mol. The summed E-state index contributed by atoms with van der Waals surface area (Å²) in [6.07, 6.45) is 4.92. The Morgan fingerprint density at radius 1 is 1.27 bits per heavy atom. The second kappa shape index (κ2) is 2.48. The predicted molar refractivity (Wildman–Crippen MR) is 59.6 cm³/mol. The van der Waals surface area contributed by atoms with Crippen LogP contribution in [0.4, 0.5) is 0 Å². The zero-order valence-electron chi connectivity index (χ0n) is 10.0. The highest BCUT2D eigenvalue weighted by Crippen LogP contribution is 3.01. The molecule has 2 heteroatoms. The lowest BCUT2D eigenvalue weighted by Gasteiger charge is -2.34. The van der Waals surface area contributed by atoms with Crippen molar-refractivity contribution in [2.24, 2.45) is 16.2 Å². The molecule has 1 spiro atoms. The molecule has 0 saturated heterocycles. The van der Waals surface area contributed by atoms with Crippen LogP contribution in [-0.4, -0.2) is 18.4 Å². The molecule has 0 aliphatic heterocycles. The van der Waals surface area contributed by atoms with E-state index in [1.165, 1.54) is 25.8 Å². The van der Waals surface area contributed by atoms with Gasteiger partial charge >= 0.3 is 0 Å². The fraction of sp³-hybridized carbons (Fsp3) is 0.923. The van der Waals surface area contributed by atoms with Gasteiger partial charge in [-0.2, -0.15) is 0 Å². The molecule has 3 saturated carbocycles. The second-order valence-electron chi connectivity index (χ2n) is 6.59. The first kappa shape index (κ1) is 9.83. The molecule has 0 aromatic heterocycles. The number of hydrogen-bond donors (Lipinski definition) is 1. The van der Waals surface area contributed by atoms with Gasteiger partial charge in [0.2, 0.25) is 0 Å². The number of rotatable bonds is 5. The molecule has 0 radical (unpaired) electrons. The minimum absolute atomic E-state index is 0.393. The first-order valence-electron chi connectivity index (χ1n) is 6.18. The lowest BCUT2D eigenvalue weighted by Crippen LogP contribution is -2.38. The van der Waals surface area contributed by atoms with Gasteiger partial charge in [0, 0.05) is 19.0 Å². The Hall–Kier alpha value is -0.370. The molecular weight excluding hydrogens is 186 g/mol. The normalized spacial score (nSPS) is 49.3. The molecule has 3 aliphatic carbocycles. The molecule has 3 atom stereocenters. The van der Waals surface area contributed by atoms with E-state index >= 15 is 0 Å². The van der Waals surface area contributed by atoms with E-state index in [1.807, 2.05) is 0 Å². The van der Waals surface area contributed by atoms with Crippen LogP contribution >= 0.6 is 0 Å². The van der Waals surface area contributed by atoms with Crippen LogP contribution < -0.4 is 5.32 Å². The summed E-state index contributed by atoms with van der Waals surface area (Å²) >= 11 is 0. The van der Waals surface area contributed by atoms with Crippen molar-refractivity contribution in [1.82, 2.24) is 5.32 Å². The first-order valence-corrected chi connectivity index (χ1v) is 6.18. The molecule has 0 aromatic rings. The fourth-order valence-corrected chi connectivity index (χ4v) is 4.54. The molecule has 3 rings (SSSR count). The second-order valence-corrected chi connectivity index (χ2v) is 6.59. The summed E-state index contributed by atoms with van der Waals surface area (Å²) in [5.74, 6) is 0.393. The number of hydrogen-bond acceptors (Lipinski definition) is 2. The number of ketones is 1. The van der Waals surface area contributed by atoms with Crippen molar-refractivity contribution in [1.29, 1.82) is 0 Å². The van der Waals surface area contributed by atoms with Gasteiger partial charge in [-0.05, 0) is 42.4 Å². The van der Waals surface area contributed by atoms with Gasteiger partial charge in [-0.15, -0.1) is 0 Å². The van der Waals surface area contributed by atoms with Crippen LogP contribution in [0.1, 0.15) is 46.5 Å². The van der Waals surface area contributed by atoms with Crippen LogP contribution in [0.5, 0.6) is 0 Å². The average Bonchev–Trinajstić information content (AvgIpc) is 2.82. The Labute approximate surface area is 91.8 Å². The van der Waals surface area contributed by atoms with E-state index in [0.29, 0.717) is 28.1 Å². The van der Waals surface area contributed by atoms with E-state index in [9.17, 15) is 4.79 Å². The number of carbonyl (C=O) groups is 1. The maximum absolute atomic E-state index is 11.2.